The van der Waals surface area contributed by atoms with Gasteiger partial charge >= 0.3 is 0 Å². The van der Waals surface area contributed by atoms with Crippen molar-refractivity contribution in [2.45, 2.75) is 0 Å². The molecule has 3 heterocycles. The van der Waals surface area contributed by atoms with E-state index in [4.69, 9.17) is 4.42 Å². The molecule has 0 atom stereocenters. The fourth-order valence-electron chi connectivity index (χ4n) is 2.17. The number of fused-ring (bicyclic) bond motifs is 4. The molecule has 0 amide bonds. The number of aromatic nitrogens is 4. The van der Waals surface area contributed by atoms with Crippen molar-refractivity contribution in [3.05, 3.63) is 61.4 Å². The zero-order valence-corrected chi connectivity index (χ0v) is 10.5. The summed E-state index contributed by atoms with van der Waals surface area (Å²) < 4.78 is 7.38. The highest BCUT2D eigenvalue weighted by atomic mass is 16.3. The average Bonchev–Trinajstić information content (AvgIpc) is 2.97. The van der Waals surface area contributed by atoms with Crippen LogP contribution in [0.1, 0.15) is 0 Å². The quantitative estimate of drug-likeness (QED) is 0.488. The smallest absolute Gasteiger partial charge is 0.162 e. The maximum Gasteiger partial charge on any atom is 0.162 e. The van der Waals surface area contributed by atoms with Gasteiger partial charge in [-0.2, -0.15) is 0 Å². The van der Waals surface area contributed by atoms with Gasteiger partial charge in [-0.25, -0.2) is 4.98 Å². The predicted molar refractivity (Wildman–Crippen MR) is 75.7 cm³/mol. The summed E-state index contributed by atoms with van der Waals surface area (Å²) in [5.41, 5.74) is 1.50. The lowest BCUT2D eigenvalue weighted by Gasteiger charge is -1.95. The Bertz CT molecular complexity index is 969. The minimum absolute atomic E-state index is 0.748. The summed E-state index contributed by atoms with van der Waals surface area (Å²) in [4.78, 5) is 4.58. The molecule has 5 heteroatoms. The van der Waals surface area contributed by atoms with Crippen molar-refractivity contribution < 1.29 is 4.42 Å². The second-order valence-electron chi connectivity index (χ2n) is 4.43. The van der Waals surface area contributed by atoms with Crippen LogP contribution in [0.4, 0.5) is 0 Å². The Morgan fingerprint density at radius 2 is 1.75 bits per heavy atom. The van der Waals surface area contributed by atoms with E-state index in [0.717, 1.165) is 27.5 Å². The summed E-state index contributed by atoms with van der Waals surface area (Å²) in [6.07, 6.45) is 6.86. The van der Waals surface area contributed by atoms with Crippen molar-refractivity contribution in [2.75, 3.05) is 0 Å². The Kier molecular flexibility index (Phi) is 2.35. The molecule has 0 spiro atoms. The number of rotatable bonds is 0. The fourth-order valence-corrected chi connectivity index (χ4v) is 2.17. The zero-order chi connectivity index (χ0) is 13.4. The monoisotopic (exact) mass is 262 g/mol. The minimum atomic E-state index is 0.748. The Balaban J connectivity index is 2.22. The third kappa shape index (κ3) is 1.68. The van der Waals surface area contributed by atoms with Crippen LogP contribution in [0.15, 0.2) is 65.9 Å². The molecule has 3 aromatic heterocycles. The van der Waals surface area contributed by atoms with Gasteiger partial charge in [0.25, 0.3) is 0 Å². The van der Waals surface area contributed by atoms with E-state index in [2.05, 4.69) is 15.2 Å². The average molecular weight is 262 g/mol. The van der Waals surface area contributed by atoms with E-state index in [0.29, 0.717) is 0 Å². The van der Waals surface area contributed by atoms with Gasteiger partial charge in [-0.3, -0.25) is 4.40 Å². The van der Waals surface area contributed by atoms with Gasteiger partial charge in [0.05, 0.1) is 11.6 Å². The summed E-state index contributed by atoms with van der Waals surface area (Å²) in [7, 11) is 0. The number of hydrogen-bond donors (Lipinski definition) is 0. The topological polar surface area (TPSA) is 56.2 Å². The Hall–Kier alpha value is -2.95. The number of benzene rings is 1. The number of hydrogen-bond acceptors (Lipinski definition) is 4. The summed E-state index contributed by atoms with van der Waals surface area (Å²) in [5, 5.41) is 10.8. The minimum Gasteiger partial charge on any atom is -0.471 e. The standard InChI is InChI=1S/C15H10N4O/c1-2-4-12-8-20-9-13-5-6-14-18-17-10-19(14)15(13)16-7-11(12)3-1/h1-10H. The summed E-state index contributed by atoms with van der Waals surface area (Å²) in [6, 6.07) is 11.7. The van der Waals surface area contributed by atoms with E-state index < -0.39 is 0 Å². The summed E-state index contributed by atoms with van der Waals surface area (Å²) in [6.45, 7) is 0. The lowest BCUT2D eigenvalue weighted by molar-refractivity contribution is 0.564. The molecule has 1 aromatic carbocycles. The maximum atomic E-state index is 5.55. The molecule has 5 nitrogen and oxygen atoms in total. The normalized spacial score (nSPS) is 11.0. The summed E-state index contributed by atoms with van der Waals surface area (Å²) >= 11 is 0. The molecule has 4 rings (SSSR count). The number of nitrogens with zero attached hydrogens (tertiary/aromatic N) is 4. The van der Waals surface area contributed by atoms with E-state index in [1.54, 1.807) is 18.9 Å². The van der Waals surface area contributed by atoms with Crippen molar-refractivity contribution in [3.8, 4) is 0 Å². The second kappa shape index (κ2) is 4.31. The van der Waals surface area contributed by atoms with Gasteiger partial charge in [-0.15, -0.1) is 10.2 Å². The third-order valence-electron chi connectivity index (χ3n) is 3.18. The molecule has 0 radical (unpaired) electrons. The first-order chi connectivity index (χ1) is 9.92. The molecule has 0 saturated carbocycles. The molecule has 0 bridgehead atoms. The Morgan fingerprint density at radius 3 is 2.70 bits per heavy atom. The van der Waals surface area contributed by atoms with Gasteiger partial charge < -0.3 is 4.42 Å². The van der Waals surface area contributed by atoms with Crippen LogP contribution in [0.3, 0.4) is 0 Å². The number of pyridine rings is 1. The second-order valence-corrected chi connectivity index (χ2v) is 4.43. The van der Waals surface area contributed by atoms with Crippen LogP contribution in [0, 0.1) is 0 Å². The van der Waals surface area contributed by atoms with E-state index in [-0.39, 0.29) is 0 Å². The van der Waals surface area contributed by atoms with Gasteiger partial charge in [0.2, 0.25) is 0 Å². The first-order valence-corrected chi connectivity index (χ1v) is 6.19. The molecule has 0 aliphatic heterocycles. The molecule has 0 saturated heterocycles. The molecule has 4 aromatic rings. The Morgan fingerprint density at radius 1 is 0.900 bits per heavy atom. The molecule has 0 aliphatic carbocycles. The van der Waals surface area contributed by atoms with Crippen molar-refractivity contribution in [1.29, 1.82) is 0 Å². The lowest BCUT2D eigenvalue weighted by Crippen LogP contribution is -1.87. The van der Waals surface area contributed by atoms with Gasteiger partial charge in [-0.1, -0.05) is 24.3 Å². The van der Waals surface area contributed by atoms with Crippen LogP contribution in [0.2, 0.25) is 0 Å². The third-order valence-corrected chi connectivity index (χ3v) is 3.18. The summed E-state index contributed by atoms with van der Waals surface area (Å²) in [5.74, 6) is 0. The largest absolute Gasteiger partial charge is 0.471 e. The van der Waals surface area contributed by atoms with Crippen LogP contribution in [0.25, 0.3) is 27.5 Å². The van der Waals surface area contributed by atoms with E-state index >= 15 is 0 Å². The van der Waals surface area contributed by atoms with Gasteiger partial charge in [0.1, 0.15) is 18.2 Å². The molecular weight excluding hydrogens is 252 g/mol. The highest BCUT2D eigenvalue weighted by Crippen LogP contribution is 2.14. The highest BCUT2D eigenvalue weighted by molar-refractivity contribution is 5.81. The van der Waals surface area contributed by atoms with Crippen LogP contribution >= 0.6 is 0 Å². The van der Waals surface area contributed by atoms with Gasteiger partial charge in [0, 0.05) is 17.0 Å². The highest BCUT2D eigenvalue weighted by Gasteiger charge is 2.00. The lowest BCUT2D eigenvalue weighted by atomic mass is 10.2. The zero-order valence-electron chi connectivity index (χ0n) is 10.5. The molecule has 0 N–H and O–H groups in total. The van der Waals surface area contributed by atoms with Crippen molar-refractivity contribution in [2.24, 2.45) is 0 Å². The van der Waals surface area contributed by atoms with Crippen LogP contribution < -0.4 is 0 Å². The first-order valence-electron chi connectivity index (χ1n) is 6.19. The molecule has 96 valence electrons. The first kappa shape index (κ1) is 10.9. The van der Waals surface area contributed by atoms with Crippen molar-refractivity contribution in [3.63, 3.8) is 0 Å². The van der Waals surface area contributed by atoms with E-state index in [1.807, 2.05) is 47.0 Å². The maximum absolute atomic E-state index is 5.55. The fraction of sp³-hybridized carbons (Fsp3) is 0. The van der Waals surface area contributed by atoms with Crippen molar-refractivity contribution >= 4 is 27.5 Å². The predicted octanol–water partition coefficient (Wildman–Crippen LogP) is 3.15. The molecule has 0 aliphatic rings. The van der Waals surface area contributed by atoms with Crippen LogP contribution in [0.5, 0.6) is 0 Å². The van der Waals surface area contributed by atoms with E-state index in [1.165, 1.54) is 0 Å². The molecular formula is C15H10N4O. The van der Waals surface area contributed by atoms with Crippen molar-refractivity contribution in [1.82, 2.24) is 19.6 Å². The molecule has 20 heavy (non-hydrogen) atoms. The van der Waals surface area contributed by atoms with Gasteiger partial charge in [0.15, 0.2) is 5.65 Å². The van der Waals surface area contributed by atoms with Gasteiger partial charge in [-0.05, 0) is 12.1 Å². The Labute approximate surface area is 113 Å². The van der Waals surface area contributed by atoms with Crippen LogP contribution in [-0.4, -0.2) is 19.6 Å². The molecule has 0 unspecified atom stereocenters. The van der Waals surface area contributed by atoms with Crippen LogP contribution in [-0.2, 0) is 0 Å². The molecule has 0 fully saturated rings. The SMILES string of the molecule is c1ccc2cocc3ccc4nncn4c3ncc2c1. The van der Waals surface area contributed by atoms with E-state index in [9.17, 15) is 0 Å².